The first-order chi connectivity index (χ1) is 10.1. The van der Waals surface area contributed by atoms with Gasteiger partial charge in [-0.25, -0.2) is 0 Å². The number of hydrogen-bond acceptors (Lipinski definition) is 5. The van der Waals surface area contributed by atoms with E-state index in [0.717, 1.165) is 0 Å². The molecule has 7 heteroatoms. The second-order valence-corrected chi connectivity index (χ2v) is 4.28. The van der Waals surface area contributed by atoms with Crippen molar-refractivity contribution in [2.45, 2.75) is 13.5 Å². The van der Waals surface area contributed by atoms with Gasteiger partial charge in [0.2, 0.25) is 0 Å². The Morgan fingerprint density at radius 1 is 1.38 bits per heavy atom. The van der Waals surface area contributed by atoms with Gasteiger partial charge in [-0.2, -0.15) is 0 Å². The number of carbonyl (C=O) groups excluding carboxylic acids is 1. The molecule has 1 aromatic carbocycles. The van der Waals surface area contributed by atoms with Crippen molar-refractivity contribution >= 4 is 17.3 Å². The zero-order valence-electron chi connectivity index (χ0n) is 11.5. The minimum Gasteiger partial charge on any atom is -0.467 e. The lowest BCUT2D eigenvalue weighted by atomic mass is 10.1. The van der Waals surface area contributed by atoms with Crippen molar-refractivity contribution in [3.05, 3.63) is 58.0 Å². The van der Waals surface area contributed by atoms with Crippen molar-refractivity contribution in [2.75, 3.05) is 11.9 Å². The van der Waals surface area contributed by atoms with Gasteiger partial charge in [0.05, 0.1) is 17.7 Å². The Balaban J connectivity index is 2.24. The van der Waals surface area contributed by atoms with E-state index in [4.69, 9.17) is 4.42 Å². The molecule has 2 rings (SSSR count). The van der Waals surface area contributed by atoms with Crippen LogP contribution in [-0.4, -0.2) is 17.4 Å². The number of rotatable bonds is 6. The number of nitro groups is 1. The van der Waals surface area contributed by atoms with E-state index in [-0.39, 0.29) is 17.3 Å². The molecule has 110 valence electrons. The van der Waals surface area contributed by atoms with Gasteiger partial charge < -0.3 is 15.1 Å². The van der Waals surface area contributed by atoms with Gasteiger partial charge in [0.15, 0.2) is 0 Å². The highest BCUT2D eigenvalue weighted by atomic mass is 16.6. The van der Waals surface area contributed by atoms with E-state index in [1.165, 1.54) is 24.5 Å². The zero-order valence-corrected chi connectivity index (χ0v) is 11.5. The van der Waals surface area contributed by atoms with Gasteiger partial charge in [0, 0.05) is 18.2 Å². The number of carbonyl (C=O) groups is 1. The molecule has 1 amide bonds. The largest absolute Gasteiger partial charge is 0.467 e. The number of benzene rings is 1. The number of nitrogens with one attached hydrogen (secondary N) is 2. The third-order valence-electron chi connectivity index (χ3n) is 2.83. The van der Waals surface area contributed by atoms with E-state index in [9.17, 15) is 14.9 Å². The molecule has 0 saturated heterocycles. The molecule has 0 radical (unpaired) electrons. The Labute approximate surface area is 121 Å². The minimum atomic E-state index is -0.494. The Kier molecular flexibility index (Phi) is 4.55. The molecule has 0 aliphatic rings. The Morgan fingerprint density at radius 3 is 2.81 bits per heavy atom. The summed E-state index contributed by atoms with van der Waals surface area (Å²) in [6.45, 7) is 2.59. The number of hydrogen-bond donors (Lipinski definition) is 2. The van der Waals surface area contributed by atoms with Crippen LogP contribution >= 0.6 is 0 Å². The molecule has 2 N–H and O–H groups in total. The number of amides is 1. The Bertz CT molecular complexity index is 638. The summed E-state index contributed by atoms with van der Waals surface area (Å²) in [4.78, 5) is 22.3. The van der Waals surface area contributed by atoms with Crippen LogP contribution in [0.25, 0.3) is 0 Å². The maximum atomic E-state index is 11.8. The van der Waals surface area contributed by atoms with Crippen LogP contribution in [0.15, 0.2) is 41.0 Å². The topological polar surface area (TPSA) is 97.4 Å². The summed E-state index contributed by atoms with van der Waals surface area (Å²) in [6.07, 6.45) is 1.52. The predicted molar refractivity (Wildman–Crippen MR) is 77.1 cm³/mol. The smallest absolute Gasteiger partial charge is 0.292 e. The SMILES string of the molecule is CCNC(=O)c1ccc([N+](=O)[O-])c(NCc2ccco2)c1. The monoisotopic (exact) mass is 289 g/mol. The van der Waals surface area contributed by atoms with Crippen molar-refractivity contribution in [3.8, 4) is 0 Å². The summed E-state index contributed by atoms with van der Waals surface area (Å²) in [5.41, 5.74) is 0.555. The molecule has 0 atom stereocenters. The lowest BCUT2D eigenvalue weighted by molar-refractivity contribution is -0.384. The summed E-state index contributed by atoms with van der Waals surface area (Å²) in [5.74, 6) is 0.376. The van der Waals surface area contributed by atoms with E-state index < -0.39 is 4.92 Å². The van der Waals surface area contributed by atoms with Crippen molar-refractivity contribution in [2.24, 2.45) is 0 Å². The van der Waals surface area contributed by atoms with E-state index >= 15 is 0 Å². The standard InChI is InChI=1S/C14H15N3O4/c1-2-15-14(18)10-5-6-13(17(19)20)12(8-10)16-9-11-4-3-7-21-11/h3-8,16H,2,9H2,1H3,(H,15,18). The predicted octanol–water partition coefficient (Wildman–Crippen LogP) is 2.55. The van der Waals surface area contributed by atoms with E-state index in [1.807, 2.05) is 0 Å². The van der Waals surface area contributed by atoms with Crippen LogP contribution in [0.1, 0.15) is 23.0 Å². The molecule has 0 saturated carbocycles. The van der Waals surface area contributed by atoms with Gasteiger partial charge in [-0.15, -0.1) is 0 Å². The first-order valence-electron chi connectivity index (χ1n) is 6.44. The van der Waals surface area contributed by atoms with Crippen LogP contribution in [0, 0.1) is 10.1 Å². The summed E-state index contributed by atoms with van der Waals surface area (Å²) >= 11 is 0. The molecule has 2 aromatic rings. The molecule has 1 aromatic heterocycles. The van der Waals surface area contributed by atoms with Gasteiger partial charge in [-0.05, 0) is 31.2 Å². The second kappa shape index (κ2) is 6.56. The highest BCUT2D eigenvalue weighted by Crippen LogP contribution is 2.26. The molecular formula is C14H15N3O4. The summed E-state index contributed by atoms with van der Waals surface area (Å²) in [5, 5.41) is 16.6. The molecule has 0 bridgehead atoms. The van der Waals surface area contributed by atoms with E-state index in [1.54, 1.807) is 19.1 Å². The molecule has 0 unspecified atom stereocenters. The van der Waals surface area contributed by atoms with Crippen molar-refractivity contribution in [1.82, 2.24) is 5.32 Å². The van der Waals surface area contributed by atoms with Crippen molar-refractivity contribution in [1.29, 1.82) is 0 Å². The fourth-order valence-electron chi connectivity index (χ4n) is 1.84. The number of furan rings is 1. The molecule has 0 fully saturated rings. The molecular weight excluding hydrogens is 274 g/mol. The molecule has 0 aliphatic heterocycles. The third-order valence-corrected chi connectivity index (χ3v) is 2.83. The molecule has 0 aliphatic carbocycles. The second-order valence-electron chi connectivity index (χ2n) is 4.28. The molecule has 0 spiro atoms. The van der Waals surface area contributed by atoms with Gasteiger partial charge in [0.25, 0.3) is 11.6 Å². The molecule has 1 heterocycles. The first-order valence-corrected chi connectivity index (χ1v) is 6.44. The van der Waals surface area contributed by atoms with Crippen LogP contribution in [0.3, 0.4) is 0 Å². The highest BCUT2D eigenvalue weighted by molar-refractivity contribution is 5.95. The summed E-state index contributed by atoms with van der Waals surface area (Å²) in [7, 11) is 0. The van der Waals surface area contributed by atoms with Gasteiger partial charge in [-0.3, -0.25) is 14.9 Å². The van der Waals surface area contributed by atoms with Crippen LogP contribution < -0.4 is 10.6 Å². The zero-order chi connectivity index (χ0) is 15.2. The van der Waals surface area contributed by atoms with E-state index in [0.29, 0.717) is 24.4 Å². The molecule has 21 heavy (non-hydrogen) atoms. The molecule has 7 nitrogen and oxygen atoms in total. The average Bonchev–Trinajstić information content (AvgIpc) is 2.98. The number of nitro benzene ring substituents is 1. The van der Waals surface area contributed by atoms with Crippen LogP contribution in [0.4, 0.5) is 11.4 Å². The first kappa shape index (κ1) is 14.6. The number of anilines is 1. The lowest BCUT2D eigenvalue weighted by Crippen LogP contribution is -2.22. The Hall–Kier alpha value is -2.83. The fraction of sp³-hybridized carbons (Fsp3) is 0.214. The highest BCUT2D eigenvalue weighted by Gasteiger charge is 2.16. The normalized spacial score (nSPS) is 10.1. The van der Waals surface area contributed by atoms with E-state index in [2.05, 4.69) is 10.6 Å². The maximum absolute atomic E-state index is 11.8. The van der Waals surface area contributed by atoms with Crippen LogP contribution in [0.2, 0.25) is 0 Å². The minimum absolute atomic E-state index is 0.0883. The fourth-order valence-corrected chi connectivity index (χ4v) is 1.84. The van der Waals surface area contributed by atoms with Crippen LogP contribution in [-0.2, 0) is 6.54 Å². The van der Waals surface area contributed by atoms with Gasteiger partial charge >= 0.3 is 0 Å². The lowest BCUT2D eigenvalue weighted by Gasteiger charge is -2.08. The van der Waals surface area contributed by atoms with Gasteiger partial charge in [0.1, 0.15) is 11.4 Å². The van der Waals surface area contributed by atoms with Crippen molar-refractivity contribution < 1.29 is 14.1 Å². The van der Waals surface area contributed by atoms with Crippen LogP contribution in [0.5, 0.6) is 0 Å². The Morgan fingerprint density at radius 2 is 2.19 bits per heavy atom. The quantitative estimate of drug-likeness (QED) is 0.629. The number of nitrogens with zero attached hydrogens (tertiary/aromatic N) is 1. The van der Waals surface area contributed by atoms with Gasteiger partial charge in [-0.1, -0.05) is 0 Å². The third kappa shape index (κ3) is 3.59. The van der Waals surface area contributed by atoms with Crippen molar-refractivity contribution in [3.63, 3.8) is 0 Å². The maximum Gasteiger partial charge on any atom is 0.292 e. The summed E-state index contributed by atoms with van der Waals surface area (Å²) in [6, 6.07) is 7.70. The summed E-state index contributed by atoms with van der Waals surface area (Å²) < 4.78 is 5.16. The average molecular weight is 289 g/mol.